The van der Waals surface area contributed by atoms with Gasteiger partial charge in [-0.1, -0.05) is 6.92 Å². The van der Waals surface area contributed by atoms with Crippen LogP contribution in [0.1, 0.15) is 27.2 Å². The fourth-order valence-electron chi connectivity index (χ4n) is 0.926. The molecule has 0 radical (unpaired) electrons. The van der Waals surface area contributed by atoms with Crippen molar-refractivity contribution in [3.63, 3.8) is 0 Å². The number of hydrogen-bond donors (Lipinski definition) is 1. The lowest BCUT2D eigenvalue weighted by Gasteiger charge is -2.23. The molecule has 0 spiro atoms. The van der Waals surface area contributed by atoms with Crippen LogP contribution in [0.15, 0.2) is 0 Å². The molecule has 0 aliphatic rings. The van der Waals surface area contributed by atoms with Crippen LogP contribution < -0.4 is 15.4 Å². The summed E-state index contributed by atoms with van der Waals surface area (Å²) in [7, 11) is 3.67. The topological polar surface area (TPSA) is 77.2 Å². The van der Waals surface area contributed by atoms with E-state index in [9.17, 15) is 0 Å². The van der Waals surface area contributed by atoms with Crippen LogP contribution in [0.3, 0.4) is 0 Å². The molecule has 0 aliphatic heterocycles. The van der Waals surface area contributed by atoms with Gasteiger partial charge in [0.1, 0.15) is 5.60 Å². The molecule has 90 valence electrons. The highest BCUT2D eigenvalue weighted by molar-refractivity contribution is 5.33. The number of rotatable bonds is 4. The maximum atomic E-state index is 5.65. The standard InChI is InChI=1S/C10H19N5O/c1-6-10(2,3)16-9-13-7(11)12-8(14-9)15(4)5/h6H2,1-5H3,(H2,11,12,13,14). The van der Waals surface area contributed by atoms with Gasteiger partial charge in [0.15, 0.2) is 0 Å². The van der Waals surface area contributed by atoms with Crippen LogP contribution in [0.4, 0.5) is 11.9 Å². The Balaban J connectivity index is 2.97. The molecule has 0 saturated carbocycles. The SMILES string of the molecule is CCC(C)(C)Oc1nc(N)nc(N(C)C)n1. The number of hydrogen-bond acceptors (Lipinski definition) is 6. The molecule has 6 heteroatoms. The van der Waals surface area contributed by atoms with Crippen LogP contribution in [0.2, 0.25) is 0 Å². The molecule has 2 N–H and O–H groups in total. The van der Waals surface area contributed by atoms with Gasteiger partial charge in [0.05, 0.1) is 0 Å². The van der Waals surface area contributed by atoms with Crippen molar-refractivity contribution < 1.29 is 4.74 Å². The predicted octanol–water partition coefficient (Wildman–Crippen LogP) is 1.09. The lowest BCUT2D eigenvalue weighted by molar-refractivity contribution is 0.0925. The Morgan fingerprint density at radius 1 is 1.25 bits per heavy atom. The summed E-state index contributed by atoms with van der Waals surface area (Å²) in [5.74, 6) is 0.662. The zero-order valence-electron chi connectivity index (χ0n) is 10.5. The molecule has 0 atom stereocenters. The van der Waals surface area contributed by atoms with Gasteiger partial charge in [-0.05, 0) is 20.3 Å². The molecule has 6 nitrogen and oxygen atoms in total. The highest BCUT2D eigenvalue weighted by Gasteiger charge is 2.19. The van der Waals surface area contributed by atoms with E-state index in [2.05, 4.69) is 15.0 Å². The summed E-state index contributed by atoms with van der Waals surface area (Å²) in [6, 6.07) is 0.267. The summed E-state index contributed by atoms with van der Waals surface area (Å²) in [6.45, 7) is 5.99. The van der Waals surface area contributed by atoms with E-state index in [1.807, 2.05) is 34.9 Å². The molecule has 1 aromatic rings. The van der Waals surface area contributed by atoms with Gasteiger partial charge >= 0.3 is 6.01 Å². The summed E-state index contributed by atoms with van der Waals surface area (Å²) < 4.78 is 5.65. The van der Waals surface area contributed by atoms with Gasteiger partial charge in [0, 0.05) is 14.1 Å². The fourth-order valence-corrected chi connectivity index (χ4v) is 0.926. The first-order chi connectivity index (χ1) is 7.34. The molecule has 0 bridgehead atoms. The molecule has 0 saturated heterocycles. The highest BCUT2D eigenvalue weighted by Crippen LogP contribution is 2.19. The zero-order chi connectivity index (χ0) is 12.3. The summed E-state index contributed by atoms with van der Waals surface area (Å²) >= 11 is 0. The minimum Gasteiger partial charge on any atom is -0.457 e. The molecule has 1 rings (SSSR count). The van der Waals surface area contributed by atoms with Gasteiger partial charge in [-0.25, -0.2) is 0 Å². The molecular weight excluding hydrogens is 206 g/mol. The first-order valence-corrected chi connectivity index (χ1v) is 5.22. The lowest BCUT2D eigenvalue weighted by atomic mass is 10.1. The number of nitrogens with zero attached hydrogens (tertiary/aromatic N) is 4. The van der Waals surface area contributed by atoms with E-state index in [-0.39, 0.29) is 17.6 Å². The Hall–Kier alpha value is -1.59. The van der Waals surface area contributed by atoms with E-state index < -0.39 is 0 Å². The number of ether oxygens (including phenoxy) is 1. The molecular formula is C10H19N5O. The summed E-state index contributed by atoms with van der Waals surface area (Å²) in [6.07, 6.45) is 0.857. The van der Waals surface area contributed by atoms with Gasteiger partial charge in [-0.3, -0.25) is 0 Å². The first-order valence-electron chi connectivity index (χ1n) is 5.22. The van der Waals surface area contributed by atoms with Crippen molar-refractivity contribution in [2.24, 2.45) is 0 Å². The van der Waals surface area contributed by atoms with Crippen LogP contribution in [-0.2, 0) is 0 Å². The predicted molar refractivity (Wildman–Crippen MR) is 63.6 cm³/mol. The quantitative estimate of drug-likeness (QED) is 0.826. The minimum absolute atomic E-state index is 0.167. The third-order valence-electron chi connectivity index (χ3n) is 2.24. The third-order valence-corrected chi connectivity index (χ3v) is 2.24. The van der Waals surface area contributed by atoms with E-state index in [4.69, 9.17) is 10.5 Å². The molecule has 0 aliphatic carbocycles. The lowest BCUT2D eigenvalue weighted by Crippen LogP contribution is -2.28. The van der Waals surface area contributed by atoms with Gasteiger partial charge in [0.25, 0.3) is 0 Å². The summed E-state index contributed by atoms with van der Waals surface area (Å²) in [5.41, 5.74) is 5.28. The smallest absolute Gasteiger partial charge is 0.323 e. The van der Waals surface area contributed by atoms with Gasteiger partial charge in [-0.15, -0.1) is 0 Å². The number of aromatic nitrogens is 3. The molecule has 0 amide bonds. The van der Waals surface area contributed by atoms with Crippen LogP contribution >= 0.6 is 0 Å². The fraction of sp³-hybridized carbons (Fsp3) is 0.700. The second-order valence-electron chi connectivity index (χ2n) is 4.39. The zero-order valence-corrected chi connectivity index (χ0v) is 10.5. The second-order valence-corrected chi connectivity index (χ2v) is 4.39. The Morgan fingerprint density at radius 3 is 2.38 bits per heavy atom. The molecule has 1 heterocycles. The van der Waals surface area contributed by atoms with Crippen molar-refractivity contribution in [1.82, 2.24) is 15.0 Å². The highest BCUT2D eigenvalue weighted by atomic mass is 16.5. The maximum absolute atomic E-state index is 5.65. The van der Waals surface area contributed by atoms with Crippen molar-refractivity contribution in [3.8, 4) is 6.01 Å². The Bertz CT molecular complexity index is 364. The molecule has 0 fully saturated rings. The van der Waals surface area contributed by atoms with E-state index in [0.29, 0.717) is 5.95 Å². The van der Waals surface area contributed by atoms with Gasteiger partial charge < -0.3 is 15.4 Å². The van der Waals surface area contributed by atoms with Gasteiger partial charge in [-0.2, -0.15) is 15.0 Å². The monoisotopic (exact) mass is 225 g/mol. The molecule has 16 heavy (non-hydrogen) atoms. The van der Waals surface area contributed by atoms with Crippen molar-refractivity contribution >= 4 is 11.9 Å². The average Bonchev–Trinajstić information content (AvgIpc) is 2.16. The van der Waals surface area contributed by atoms with E-state index >= 15 is 0 Å². The van der Waals surface area contributed by atoms with Crippen LogP contribution in [-0.4, -0.2) is 34.6 Å². The first kappa shape index (κ1) is 12.5. The van der Waals surface area contributed by atoms with Crippen LogP contribution in [0.5, 0.6) is 6.01 Å². The number of anilines is 2. The molecule has 0 aromatic carbocycles. The summed E-state index contributed by atoms with van der Waals surface area (Å²) in [5, 5.41) is 0. The number of nitrogens with two attached hydrogens (primary N) is 1. The Kier molecular flexibility index (Phi) is 3.51. The largest absolute Gasteiger partial charge is 0.457 e. The maximum Gasteiger partial charge on any atom is 0.323 e. The Morgan fingerprint density at radius 2 is 1.88 bits per heavy atom. The average molecular weight is 225 g/mol. The van der Waals surface area contributed by atoms with E-state index in [1.54, 1.807) is 4.90 Å². The van der Waals surface area contributed by atoms with Gasteiger partial charge in [0.2, 0.25) is 11.9 Å². The number of nitrogen functional groups attached to an aromatic ring is 1. The molecule has 0 unspecified atom stereocenters. The summed E-state index contributed by atoms with van der Waals surface area (Å²) in [4.78, 5) is 13.9. The molecule has 1 aromatic heterocycles. The normalized spacial score (nSPS) is 11.3. The van der Waals surface area contributed by atoms with E-state index in [0.717, 1.165) is 6.42 Å². The van der Waals surface area contributed by atoms with Crippen molar-refractivity contribution in [2.45, 2.75) is 32.8 Å². The minimum atomic E-state index is -0.308. The second kappa shape index (κ2) is 4.51. The van der Waals surface area contributed by atoms with Crippen LogP contribution in [0.25, 0.3) is 0 Å². The van der Waals surface area contributed by atoms with E-state index in [1.165, 1.54) is 0 Å². The van der Waals surface area contributed by atoms with Crippen molar-refractivity contribution in [3.05, 3.63) is 0 Å². The van der Waals surface area contributed by atoms with Crippen LogP contribution in [0, 0.1) is 0 Å². The van der Waals surface area contributed by atoms with Crippen molar-refractivity contribution in [2.75, 3.05) is 24.7 Å². The Labute approximate surface area is 95.9 Å². The van der Waals surface area contributed by atoms with Crippen molar-refractivity contribution in [1.29, 1.82) is 0 Å². The third kappa shape index (κ3) is 3.22.